The van der Waals surface area contributed by atoms with Crippen LogP contribution in [0.5, 0.6) is 0 Å². The highest BCUT2D eigenvalue weighted by Gasteiger charge is 2.14. The van der Waals surface area contributed by atoms with Crippen LogP contribution in [0.3, 0.4) is 0 Å². The van der Waals surface area contributed by atoms with Gasteiger partial charge in [0.05, 0.1) is 0 Å². The van der Waals surface area contributed by atoms with Gasteiger partial charge in [-0.3, -0.25) is 9.59 Å². The Morgan fingerprint density at radius 1 is 1.23 bits per heavy atom. The molecular formula is C15H18N4O3. The molecule has 22 heavy (non-hydrogen) atoms. The number of pyridine rings is 1. The molecule has 0 aliphatic rings. The summed E-state index contributed by atoms with van der Waals surface area (Å²) < 4.78 is 4.87. The van der Waals surface area contributed by atoms with Crippen LogP contribution >= 0.6 is 0 Å². The van der Waals surface area contributed by atoms with Gasteiger partial charge in [0.25, 0.3) is 11.8 Å². The van der Waals surface area contributed by atoms with E-state index < -0.39 is 5.91 Å². The van der Waals surface area contributed by atoms with Gasteiger partial charge in [0.15, 0.2) is 5.82 Å². The Balaban J connectivity index is 2.07. The lowest BCUT2D eigenvalue weighted by Crippen LogP contribution is -2.28. The molecule has 7 heteroatoms. The van der Waals surface area contributed by atoms with Crippen molar-refractivity contribution in [3.05, 3.63) is 41.4 Å². The molecule has 2 rings (SSSR count). The maximum atomic E-state index is 12.1. The average molecular weight is 302 g/mol. The fraction of sp³-hybridized carbons (Fsp3) is 0.333. The molecule has 2 N–H and O–H groups in total. The first-order valence-corrected chi connectivity index (χ1v) is 6.95. The molecule has 116 valence electrons. The molecule has 0 spiro atoms. The predicted octanol–water partition coefficient (Wildman–Crippen LogP) is 2.02. The van der Waals surface area contributed by atoms with E-state index in [2.05, 4.69) is 20.8 Å². The van der Waals surface area contributed by atoms with Crippen molar-refractivity contribution in [2.24, 2.45) is 5.92 Å². The number of aromatic nitrogens is 2. The largest absolute Gasteiger partial charge is 0.360 e. The van der Waals surface area contributed by atoms with E-state index in [1.807, 2.05) is 13.8 Å². The monoisotopic (exact) mass is 302 g/mol. The van der Waals surface area contributed by atoms with Gasteiger partial charge in [-0.2, -0.15) is 0 Å². The number of nitrogens with one attached hydrogen (secondary N) is 2. The number of hydrogen-bond donors (Lipinski definition) is 2. The first kappa shape index (κ1) is 15.7. The number of rotatable bonds is 5. The average Bonchev–Trinajstić information content (AvgIpc) is 2.90. The molecule has 0 aliphatic heterocycles. The van der Waals surface area contributed by atoms with Gasteiger partial charge >= 0.3 is 0 Å². The van der Waals surface area contributed by atoms with Crippen LogP contribution in [-0.2, 0) is 0 Å². The lowest BCUT2D eigenvalue weighted by atomic mass is 10.2. The van der Waals surface area contributed by atoms with Crippen molar-refractivity contribution in [3.63, 3.8) is 0 Å². The summed E-state index contributed by atoms with van der Waals surface area (Å²) in [5.41, 5.74) is 0.336. The molecule has 0 aromatic carbocycles. The number of nitrogens with zero attached hydrogens (tertiary/aromatic N) is 2. The maximum Gasteiger partial charge on any atom is 0.275 e. The Morgan fingerprint density at radius 3 is 2.50 bits per heavy atom. The third-order valence-electron chi connectivity index (χ3n) is 2.75. The topological polar surface area (TPSA) is 97.1 Å². The van der Waals surface area contributed by atoms with E-state index >= 15 is 0 Å². The van der Waals surface area contributed by atoms with E-state index in [4.69, 9.17) is 4.52 Å². The molecule has 2 aromatic rings. The highest BCUT2D eigenvalue weighted by molar-refractivity contribution is 6.03. The molecular weight excluding hydrogens is 284 g/mol. The Kier molecular flexibility index (Phi) is 4.88. The molecule has 0 fully saturated rings. The Bertz CT molecular complexity index is 679. The normalized spacial score (nSPS) is 10.5. The Morgan fingerprint density at radius 2 is 1.91 bits per heavy atom. The van der Waals surface area contributed by atoms with E-state index in [-0.39, 0.29) is 17.3 Å². The molecule has 0 saturated heterocycles. The minimum Gasteiger partial charge on any atom is -0.360 e. The van der Waals surface area contributed by atoms with Gasteiger partial charge in [-0.1, -0.05) is 25.1 Å². The lowest BCUT2D eigenvalue weighted by Gasteiger charge is -2.08. The molecule has 0 atom stereocenters. The summed E-state index contributed by atoms with van der Waals surface area (Å²) >= 11 is 0. The van der Waals surface area contributed by atoms with Crippen molar-refractivity contribution in [1.29, 1.82) is 0 Å². The maximum absolute atomic E-state index is 12.1. The van der Waals surface area contributed by atoms with Crippen molar-refractivity contribution in [3.8, 4) is 0 Å². The summed E-state index contributed by atoms with van der Waals surface area (Å²) in [6.07, 6.45) is 0. The second-order valence-corrected chi connectivity index (χ2v) is 5.29. The fourth-order valence-electron chi connectivity index (χ4n) is 1.68. The number of amides is 2. The van der Waals surface area contributed by atoms with Crippen molar-refractivity contribution in [1.82, 2.24) is 15.5 Å². The Hall–Kier alpha value is -2.70. The SMILES string of the molecule is Cc1cc(NC(=O)c2cccc(C(=O)NCC(C)C)n2)no1. The second kappa shape index (κ2) is 6.84. The predicted molar refractivity (Wildman–Crippen MR) is 80.6 cm³/mol. The highest BCUT2D eigenvalue weighted by atomic mass is 16.5. The highest BCUT2D eigenvalue weighted by Crippen LogP contribution is 2.09. The van der Waals surface area contributed by atoms with Gasteiger partial charge in [0.2, 0.25) is 0 Å². The van der Waals surface area contributed by atoms with Crippen molar-refractivity contribution in [2.45, 2.75) is 20.8 Å². The van der Waals surface area contributed by atoms with Crippen LogP contribution in [-0.4, -0.2) is 28.5 Å². The minimum atomic E-state index is -0.452. The standard InChI is InChI=1S/C15H18N4O3/c1-9(2)8-16-14(20)11-5-4-6-12(17-11)15(21)18-13-7-10(3)22-19-13/h4-7,9H,8H2,1-3H3,(H,16,20)(H,18,19,21). The first-order chi connectivity index (χ1) is 10.5. The molecule has 0 aliphatic carbocycles. The zero-order valence-electron chi connectivity index (χ0n) is 12.7. The van der Waals surface area contributed by atoms with Crippen LogP contribution in [0.1, 0.15) is 40.6 Å². The van der Waals surface area contributed by atoms with Gasteiger partial charge in [-0.25, -0.2) is 4.98 Å². The summed E-state index contributed by atoms with van der Waals surface area (Å²) in [6.45, 7) is 6.27. The molecule has 0 saturated carbocycles. The van der Waals surface area contributed by atoms with Crippen molar-refractivity contribution >= 4 is 17.6 Å². The van der Waals surface area contributed by atoms with E-state index in [9.17, 15) is 9.59 Å². The first-order valence-electron chi connectivity index (χ1n) is 6.95. The zero-order chi connectivity index (χ0) is 16.1. The van der Waals surface area contributed by atoms with Gasteiger partial charge in [-0.05, 0) is 25.0 Å². The minimum absolute atomic E-state index is 0.137. The van der Waals surface area contributed by atoms with Crippen molar-refractivity contribution < 1.29 is 14.1 Å². The fourth-order valence-corrected chi connectivity index (χ4v) is 1.68. The summed E-state index contributed by atoms with van der Waals surface area (Å²) in [6, 6.07) is 6.30. The second-order valence-electron chi connectivity index (χ2n) is 5.29. The molecule has 0 unspecified atom stereocenters. The zero-order valence-corrected chi connectivity index (χ0v) is 12.7. The summed E-state index contributed by atoms with van der Waals surface area (Å²) in [7, 11) is 0. The third-order valence-corrected chi connectivity index (χ3v) is 2.75. The van der Waals surface area contributed by atoms with E-state index in [0.717, 1.165) is 0 Å². The molecule has 2 amide bonds. The van der Waals surface area contributed by atoms with Crippen LogP contribution in [0, 0.1) is 12.8 Å². The van der Waals surface area contributed by atoms with Gasteiger partial charge in [-0.15, -0.1) is 0 Å². The summed E-state index contributed by atoms with van der Waals surface area (Å²) in [5, 5.41) is 8.99. The van der Waals surface area contributed by atoms with E-state index in [0.29, 0.717) is 24.0 Å². The van der Waals surface area contributed by atoms with Crippen LogP contribution in [0.25, 0.3) is 0 Å². The van der Waals surface area contributed by atoms with Crippen LogP contribution in [0.15, 0.2) is 28.8 Å². The van der Waals surface area contributed by atoms with Crippen LogP contribution in [0.4, 0.5) is 5.82 Å². The summed E-state index contributed by atoms with van der Waals surface area (Å²) in [4.78, 5) is 28.1. The molecule has 7 nitrogen and oxygen atoms in total. The summed E-state index contributed by atoms with van der Waals surface area (Å²) in [5.74, 6) is 0.474. The van der Waals surface area contributed by atoms with Crippen LogP contribution < -0.4 is 10.6 Å². The van der Waals surface area contributed by atoms with Gasteiger partial charge in [0, 0.05) is 12.6 Å². The quantitative estimate of drug-likeness (QED) is 0.880. The van der Waals surface area contributed by atoms with E-state index in [1.165, 1.54) is 6.07 Å². The number of hydrogen-bond acceptors (Lipinski definition) is 5. The Labute approximate surface area is 128 Å². The molecule has 2 heterocycles. The smallest absolute Gasteiger partial charge is 0.275 e. The van der Waals surface area contributed by atoms with Crippen molar-refractivity contribution in [2.75, 3.05) is 11.9 Å². The molecule has 2 aromatic heterocycles. The number of anilines is 1. The van der Waals surface area contributed by atoms with E-state index in [1.54, 1.807) is 25.1 Å². The molecule has 0 radical (unpaired) electrons. The van der Waals surface area contributed by atoms with Gasteiger partial charge < -0.3 is 15.2 Å². The third kappa shape index (κ3) is 4.15. The van der Waals surface area contributed by atoms with Crippen LogP contribution in [0.2, 0.25) is 0 Å². The van der Waals surface area contributed by atoms with Gasteiger partial charge in [0.1, 0.15) is 17.1 Å². The number of aryl methyl sites for hydroxylation is 1. The number of carbonyl (C=O) groups is 2. The number of carbonyl (C=O) groups excluding carboxylic acids is 2. The molecule has 0 bridgehead atoms. The lowest BCUT2D eigenvalue weighted by molar-refractivity contribution is 0.0944.